The zero-order valence-corrected chi connectivity index (χ0v) is 17.1. The summed E-state index contributed by atoms with van der Waals surface area (Å²) in [6.07, 6.45) is 1.67. The summed E-state index contributed by atoms with van der Waals surface area (Å²) in [4.78, 5) is 16.9. The second-order valence-corrected chi connectivity index (χ2v) is 7.08. The minimum absolute atomic E-state index is 0.0982. The van der Waals surface area contributed by atoms with Gasteiger partial charge in [-0.1, -0.05) is 12.1 Å². The van der Waals surface area contributed by atoms with Crippen LogP contribution in [0.25, 0.3) is 0 Å². The van der Waals surface area contributed by atoms with Crippen molar-refractivity contribution in [1.82, 2.24) is 4.90 Å². The number of aryl methyl sites for hydroxylation is 1. The largest absolute Gasteiger partial charge is 0.497 e. The highest BCUT2D eigenvalue weighted by molar-refractivity contribution is 6.06. The van der Waals surface area contributed by atoms with E-state index in [1.165, 1.54) is 16.8 Å². The van der Waals surface area contributed by atoms with Gasteiger partial charge in [0, 0.05) is 43.8 Å². The van der Waals surface area contributed by atoms with Crippen LogP contribution in [0.15, 0.2) is 54.2 Å². The van der Waals surface area contributed by atoms with Crippen LogP contribution < -0.4 is 15.0 Å². The normalized spacial score (nSPS) is 14.3. The molecule has 1 aliphatic heterocycles. The number of carbonyl (C=O) groups excluding carboxylic acids is 1. The number of ether oxygens (including phenoxy) is 1. The lowest BCUT2D eigenvalue weighted by atomic mass is 10.1. The van der Waals surface area contributed by atoms with Gasteiger partial charge in [-0.2, -0.15) is 5.26 Å². The van der Waals surface area contributed by atoms with Crippen molar-refractivity contribution in [3.05, 3.63) is 65.4 Å². The third kappa shape index (κ3) is 4.88. The van der Waals surface area contributed by atoms with E-state index in [4.69, 9.17) is 4.74 Å². The highest BCUT2D eigenvalue weighted by atomic mass is 16.5. The minimum Gasteiger partial charge on any atom is -0.497 e. The van der Waals surface area contributed by atoms with E-state index in [0.29, 0.717) is 11.4 Å². The molecule has 0 saturated carbocycles. The fourth-order valence-electron chi connectivity index (χ4n) is 3.36. The number of nitriles is 1. The van der Waals surface area contributed by atoms with Gasteiger partial charge in [0.1, 0.15) is 17.4 Å². The Morgan fingerprint density at radius 3 is 2.41 bits per heavy atom. The van der Waals surface area contributed by atoms with E-state index in [1.807, 2.05) is 11.0 Å². The van der Waals surface area contributed by atoms with Gasteiger partial charge in [0.2, 0.25) is 0 Å². The molecule has 2 aromatic carbocycles. The SMILES string of the molecule is COc1ccc(NC(=O)/C(C#N)=C/N2CCN(c3cccc(C)c3C)CC2)cc1. The van der Waals surface area contributed by atoms with E-state index in [-0.39, 0.29) is 5.57 Å². The van der Waals surface area contributed by atoms with Gasteiger partial charge in [-0.3, -0.25) is 4.79 Å². The van der Waals surface area contributed by atoms with Crippen LogP contribution in [0.2, 0.25) is 0 Å². The lowest BCUT2D eigenvalue weighted by Gasteiger charge is -2.36. The molecule has 0 spiro atoms. The average molecular weight is 390 g/mol. The number of nitrogens with zero attached hydrogens (tertiary/aromatic N) is 3. The molecule has 6 nitrogen and oxygen atoms in total. The van der Waals surface area contributed by atoms with Gasteiger partial charge in [-0.25, -0.2) is 0 Å². The summed E-state index contributed by atoms with van der Waals surface area (Å²) in [5, 5.41) is 12.2. The van der Waals surface area contributed by atoms with Gasteiger partial charge < -0.3 is 19.9 Å². The number of amides is 1. The van der Waals surface area contributed by atoms with Crippen LogP contribution >= 0.6 is 0 Å². The molecule has 0 radical (unpaired) electrons. The Labute approximate surface area is 172 Å². The molecule has 3 rings (SSSR count). The lowest BCUT2D eigenvalue weighted by molar-refractivity contribution is -0.112. The molecule has 1 amide bonds. The molecule has 150 valence electrons. The first-order valence-corrected chi connectivity index (χ1v) is 9.64. The molecular weight excluding hydrogens is 364 g/mol. The Bertz CT molecular complexity index is 936. The molecule has 0 aromatic heterocycles. The van der Waals surface area contributed by atoms with E-state index >= 15 is 0 Å². The highest BCUT2D eigenvalue weighted by Gasteiger charge is 2.19. The quantitative estimate of drug-likeness (QED) is 0.625. The molecule has 1 N–H and O–H groups in total. The number of carbonyl (C=O) groups is 1. The highest BCUT2D eigenvalue weighted by Crippen LogP contribution is 2.24. The van der Waals surface area contributed by atoms with Gasteiger partial charge >= 0.3 is 0 Å². The summed E-state index contributed by atoms with van der Waals surface area (Å²) in [6.45, 7) is 7.48. The summed E-state index contributed by atoms with van der Waals surface area (Å²) >= 11 is 0. The van der Waals surface area contributed by atoms with E-state index < -0.39 is 5.91 Å². The van der Waals surface area contributed by atoms with Gasteiger partial charge in [0.25, 0.3) is 5.91 Å². The molecule has 6 heteroatoms. The van der Waals surface area contributed by atoms with Crippen LogP contribution in [0.4, 0.5) is 11.4 Å². The molecule has 2 aromatic rings. The third-order valence-corrected chi connectivity index (χ3v) is 5.26. The molecular formula is C23H26N4O2. The maximum atomic E-state index is 12.5. The molecule has 0 atom stereocenters. The molecule has 0 aliphatic carbocycles. The van der Waals surface area contributed by atoms with Crippen molar-refractivity contribution >= 4 is 17.3 Å². The fourth-order valence-corrected chi connectivity index (χ4v) is 3.36. The van der Waals surface area contributed by atoms with E-state index in [1.54, 1.807) is 37.6 Å². The van der Waals surface area contributed by atoms with Crippen LogP contribution in [0, 0.1) is 25.2 Å². The second kappa shape index (κ2) is 9.16. The van der Waals surface area contributed by atoms with Crippen LogP contribution in [0.3, 0.4) is 0 Å². The molecule has 1 fully saturated rings. The van der Waals surface area contributed by atoms with Crippen molar-refractivity contribution in [2.45, 2.75) is 13.8 Å². The van der Waals surface area contributed by atoms with Crippen molar-refractivity contribution in [2.24, 2.45) is 0 Å². The summed E-state index contributed by atoms with van der Waals surface area (Å²) in [5.41, 5.74) is 4.56. The molecule has 0 unspecified atom stereocenters. The minimum atomic E-state index is -0.408. The Kier molecular flexibility index (Phi) is 6.40. The Morgan fingerprint density at radius 1 is 1.10 bits per heavy atom. The van der Waals surface area contributed by atoms with Crippen molar-refractivity contribution in [3.63, 3.8) is 0 Å². The molecule has 1 aliphatic rings. The molecule has 0 bridgehead atoms. The van der Waals surface area contributed by atoms with Crippen molar-refractivity contribution < 1.29 is 9.53 Å². The van der Waals surface area contributed by atoms with Crippen LogP contribution in [0.1, 0.15) is 11.1 Å². The summed E-state index contributed by atoms with van der Waals surface area (Å²) < 4.78 is 5.11. The number of benzene rings is 2. The van der Waals surface area contributed by atoms with E-state index in [9.17, 15) is 10.1 Å². The third-order valence-electron chi connectivity index (χ3n) is 5.26. The van der Waals surface area contributed by atoms with Gasteiger partial charge in [-0.05, 0) is 55.3 Å². The predicted molar refractivity (Wildman–Crippen MR) is 115 cm³/mol. The number of hydrogen-bond acceptors (Lipinski definition) is 5. The standard InChI is InChI=1S/C23H26N4O2/c1-17-5-4-6-22(18(17)2)27-13-11-26(12-14-27)16-19(15-24)23(28)25-20-7-9-21(29-3)10-8-20/h4-10,16H,11-14H2,1-3H3,(H,25,28)/b19-16+. The summed E-state index contributed by atoms with van der Waals surface area (Å²) in [6, 6.07) is 15.4. The summed E-state index contributed by atoms with van der Waals surface area (Å²) in [7, 11) is 1.59. The van der Waals surface area contributed by atoms with E-state index in [0.717, 1.165) is 26.2 Å². The Hall–Kier alpha value is -3.46. The fraction of sp³-hybridized carbons (Fsp3) is 0.304. The molecule has 29 heavy (non-hydrogen) atoms. The average Bonchev–Trinajstić information content (AvgIpc) is 2.75. The number of rotatable bonds is 5. The predicted octanol–water partition coefficient (Wildman–Crippen LogP) is 3.48. The zero-order chi connectivity index (χ0) is 20.8. The van der Waals surface area contributed by atoms with E-state index in [2.05, 4.69) is 42.3 Å². The van der Waals surface area contributed by atoms with Crippen molar-refractivity contribution in [1.29, 1.82) is 5.26 Å². The lowest BCUT2D eigenvalue weighted by Crippen LogP contribution is -2.44. The Morgan fingerprint density at radius 2 is 1.79 bits per heavy atom. The second-order valence-electron chi connectivity index (χ2n) is 7.08. The first-order valence-electron chi connectivity index (χ1n) is 9.64. The molecule has 1 saturated heterocycles. The number of anilines is 2. The maximum Gasteiger partial charge on any atom is 0.267 e. The van der Waals surface area contributed by atoms with Crippen LogP contribution in [-0.2, 0) is 4.79 Å². The van der Waals surface area contributed by atoms with Gasteiger partial charge in [0.05, 0.1) is 7.11 Å². The first kappa shape index (κ1) is 20.3. The monoisotopic (exact) mass is 390 g/mol. The van der Waals surface area contributed by atoms with Gasteiger partial charge in [0.15, 0.2) is 0 Å². The zero-order valence-electron chi connectivity index (χ0n) is 17.1. The van der Waals surface area contributed by atoms with Crippen molar-refractivity contribution in [3.8, 4) is 11.8 Å². The molecule has 1 heterocycles. The number of methoxy groups -OCH3 is 1. The van der Waals surface area contributed by atoms with Crippen LogP contribution in [0.5, 0.6) is 5.75 Å². The number of piperazine rings is 1. The smallest absolute Gasteiger partial charge is 0.267 e. The first-order chi connectivity index (χ1) is 14.0. The topological polar surface area (TPSA) is 68.6 Å². The summed E-state index contributed by atoms with van der Waals surface area (Å²) in [5.74, 6) is 0.301. The maximum absolute atomic E-state index is 12.5. The van der Waals surface area contributed by atoms with Gasteiger partial charge in [-0.15, -0.1) is 0 Å². The Balaban J connectivity index is 1.62. The van der Waals surface area contributed by atoms with Crippen LogP contribution in [-0.4, -0.2) is 44.1 Å². The van der Waals surface area contributed by atoms with Crippen molar-refractivity contribution in [2.75, 3.05) is 43.5 Å². The number of nitrogens with one attached hydrogen (secondary N) is 1. The number of hydrogen-bond donors (Lipinski definition) is 1.